The molecule has 2 heterocycles. The first-order valence-corrected chi connectivity index (χ1v) is 10.7. The largest absolute Gasteiger partial charge is 0.486 e. The van der Waals surface area contributed by atoms with Crippen LogP contribution in [0.3, 0.4) is 0 Å². The van der Waals surface area contributed by atoms with E-state index in [-0.39, 0.29) is 23.2 Å². The monoisotopic (exact) mass is 366 g/mol. The predicted molar refractivity (Wildman–Crippen MR) is 95.5 cm³/mol. The highest BCUT2D eigenvalue weighted by Crippen LogP contribution is 2.30. The fourth-order valence-corrected chi connectivity index (χ4v) is 5.11. The number of ether oxygens (including phenoxy) is 1. The number of likely N-dealkylation sites (tertiary alicyclic amines) is 1. The molecule has 1 aromatic rings. The Morgan fingerprint density at radius 1 is 1.28 bits per heavy atom. The van der Waals surface area contributed by atoms with Crippen molar-refractivity contribution in [1.82, 2.24) is 10.2 Å². The SMILES string of the molecule is CCC1CCCN(C(=O)NCC2CS(=O)(=O)c3ccccc3O2)CC1. The third-order valence-corrected chi connectivity index (χ3v) is 6.89. The van der Waals surface area contributed by atoms with Crippen molar-refractivity contribution in [2.75, 3.05) is 25.4 Å². The third-order valence-electron chi connectivity index (χ3n) is 5.08. The van der Waals surface area contributed by atoms with Gasteiger partial charge in [-0.15, -0.1) is 0 Å². The molecular weight excluding hydrogens is 340 g/mol. The topological polar surface area (TPSA) is 75.7 Å². The second kappa shape index (κ2) is 7.64. The maximum atomic E-state index is 12.4. The van der Waals surface area contributed by atoms with Crippen molar-refractivity contribution in [3.8, 4) is 5.75 Å². The van der Waals surface area contributed by atoms with Gasteiger partial charge in [-0.25, -0.2) is 13.2 Å². The number of nitrogens with one attached hydrogen (secondary N) is 1. The zero-order valence-corrected chi connectivity index (χ0v) is 15.4. The Balaban J connectivity index is 1.56. The average molecular weight is 366 g/mol. The van der Waals surface area contributed by atoms with E-state index < -0.39 is 15.9 Å². The lowest BCUT2D eigenvalue weighted by Crippen LogP contribution is -2.47. The van der Waals surface area contributed by atoms with Gasteiger partial charge in [0.25, 0.3) is 0 Å². The summed E-state index contributed by atoms with van der Waals surface area (Å²) in [5.41, 5.74) is 0. The van der Waals surface area contributed by atoms with E-state index in [1.165, 1.54) is 6.42 Å². The number of hydrogen-bond acceptors (Lipinski definition) is 4. The number of benzene rings is 1. The number of para-hydroxylation sites is 1. The molecule has 2 aliphatic rings. The lowest BCUT2D eigenvalue weighted by atomic mass is 9.98. The van der Waals surface area contributed by atoms with Gasteiger partial charge in [0.15, 0.2) is 9.84 Å². The van der Waals surface area contributed by atoms with Crippen LogP contribution in [0.15, 0.2) is 29.2 Å². The number of carbonyl (C=O) groups is 1. The van der Waals surface area contributed by atoms with Crippen molar-refractivity contribution in [2.45, 2.75) is 43.6 Å². The Bertz CT molecular complexity index is 720. The summed E-state index contributed by atoms with van der Waals surface area (Å²) in [5.74, 6) is 0.956. The first-order valence-electron chi connectivity index (χ1n) is 9.01. The number of sulfone groups is 1. The van der Waals surface area contributed by atoms with Crippen LogP contribution in [0.25, 0.3) is 0 Å². The van der Waals surface area contributed by atoms with Gasteiger partial charge in [0.2, 0.25) is 0 Å². The average Bonchev–Trinajstić information content (AvgIpc) is 2.85. The van der Waals surface area contributed by atoms with Crippen LogP contribution in [0.5, 0.6) is 5.75 Å². The van der Waals surface area contributed by atoms with Gasteiger partial charge in [-0.05, 0) is 37.3 Å². The van der Waals surface area contributed by atoms with E-state index in [1.807, 2.05) is 4.90 Å². The van der Waals surface area contributed by atoms with Crippen LogP contribution >= 0.6 is 0 Å². The number of carbonyl (C=O) groups excluding carboxylic acids is 1. The molecule has 2 amide bonds. The van der Waals surface area contributed by atoms with Gasteiger partial charge in [0.05, 0.1) is 12.3 Å². The van der Waals surface area contributed by atoms with Crippen molar-refractivity contribution >= 4 is 15.9 Å². The van der Waals surface area contributed by atoms with Crippen LogP contribution in [-0.4, -0.2) is 50.8 Å². The minimum Gasteiger partial charge on any atom is -0.486 e. The Morgan fingerprint density at radius 3 is 2.88 bits per heavy atom. The third kappa shape index (κ3) is 4.26. The lowest BCUT2D eigenvalue weighted by Gasteiger charge is -2.27. The van der Waals surface area contributed by atoms with Crippen molar-refractivity contribution in [3.63, 3.8) is 0 Å². The zero-order valence-electron chi connectivity index (χ0n) is 14.6. The fourth-order valence-electron chi connectivity index (χ4n) is 3.54. The number of nitrogens with zero attached hydrogens (tertiary/aromatic N) is 1. The van der Waals surface area contributed by atoms with E-state index in [1.54, 1.807) is 24.3 Å². The molecule has 7 heteroatoms. The highest BCUT2D eigenvalue weighted by molar-refractivity contribution is 7.91. The van der Waals surface area contributed by atoms with Crippen LogP contribution in [-0.2, 0) is 9.84 Å². The molecular formula is C18H26N2O4S. The van der Waals surface area contributed by atoms with Crippen LogP contribution in [0.1, 0.15) is 32.6 Å². The molecule has 2 aliphatic heterocycles. The molecule has 0 bridgehead atoms. The number of rotatable bonds is 3. The van der Waals surface area contributed by atoms with E-state index in [4.69, 9.17) is 4.74 Å². The van der Waals surface area contributed by atoms with Gasteiger partial charge in [0, 0.05) is 13.1 Å². The molecule has 3 rings (SSSR count). The molecule has 138 valence electrons. The number of amides is 2. The van der Waals surface area contributed by atoms with Crippen LogP contribution < -0.4 is 10.1 Å². The highest BCUT2D eigenvalue weighted by Gasteiger charge is 2.32. The van der Waals surface area contributed by atoms with Crippen molar-refractivity contribution in [2.24, 2.45) is 5.92 Å². The molecule has 2 atom stereocenters. The van der Waals surface area contributed by atoms with Crippen molar-refractivity contribution in [3.05, 3.63) is 24.3 Å². The van der Waals surface area contributed by atoms with Gasteiger partial charge in [-0.1, -0.05) is 25.5 Å². The maximum absolute atomic E-state index is 12.4. The summed E-state index contributed by atoms with van der Waals surface area (Å²) in [6.45, 7) is 3.91. The van der Waals surface area contributed by atoms with Gasteiger partial charge >= 0.3 is 6.03 Å². The second-order valence-electron chi connectivity index (χ2n) is 6.85. The van der Waals surface area contributed by atoms with Crippen LogP contribution in [0.4, 0.5) is 4.79 Å². The van der Waals surface area contributed by atoms with E-state index in [9.17, 15) is 13.2 Å². The molecule has 0 aliphatic carbocycles. The first-order chi connectivity index (χ1) is 12.0. The van der Waals surface area contributed by atoms with Crippen LogP contribution in [0.2, 0.25) is 0 Å². The molecule has 0 spiro atoms. The summed E-state index contributed by atoms with van der Waals surface area (Å²) < 4.78 is 30.4. The summed E-state index contributed by atoms with van der Waals surface area (Å²) >= 11 is 0. The van der Waals surface area contributed by atoms with E-state index in [0.717, 1.165) is 32.4 Å². The number of hydrogen-bond donors (Lipinski definition) is 1. The molecule has 1 fully saturated rings. The lowest BCUT2D eigenvalue weighted by molar-refractivity contribution is 0.180. The van der Waals surface area contributed by atoms with E-state index in [2.05, 4.69) is 12.2 Å². The van der Waals surface area contributed by atoms with E-state index >= 15 is 0 Å². The van der Waals surface area contributed by atoms with Gasteiger partial charge in [-0.3, -0.25) is 0 Å². The Kier molecular flexibility index (Phi) is 5.51. The van der Waals surface area contributed by atoms with Gasteiger partial charge in [0.1, 0.15) is 16.7 Å². The normalized spacial score (nSPS) is 25.4. The van der Waals surface area contributed by atoms with Gasteiger partial charge < -0.3 is 15.0 Å². The first kappa shape index (κ1) is 18.0. The minimum absolute atomic E-state index is 0.109. The maximum Gasteiger partial charge on any atom is 0.317 e. The number of fused-ring (bicyclic) bond motifs is 1. The Labute approximate surface area is 149 Å². The standard InChI is InChI=1S/C18H26N2O4S/c1-2-14-6-5-10-20(11-9-14)18(21)19-12-15-13-25(22,23)17-8-4-3-7-16(17)24-15/h3-4,7-8,14-15H,2,5-6,9-13H2,1H3,(H,19,21). The summed E-state index contributed by atoms with van der Waals surface area (Å²) in [5, 5.41) is 2.85. The summed E-state index contributed by atoms with van der Waals surface area (Å²) in [6.07, 6.45) is 3.82. The Morgan fingerprint density at radius 2 is 2.08 bits per heavy atom. The molecule has 6 nitrogen and oxygen atoms in total. The van der Waals surface area contributed by atoms with Crippen LogP contribution in [0, 0.1) is 5.92 Å². The summed E-state index contributed by atoms with van der Waals surface area (Å²) in [6, 6.07) is 6.51. The quantitative estimate of drug-likeness (QED) is 0.891. The van der Waals surface area contributed by atoms with E-state index in [0.29, 0.717) is 11.7 Å². The molecule has 25 heavy (non-hydrogen) atoms. The van der Waals surface area contributed by atoms with Crippen molar-refractivity contribution < 1.29 is 17.9 Å². The summed E-state index contributed by atoms with van der Waals surface area (Å²) in [7, 11) is -3.37. The highest BCUT2D eigenvalue weighted by atomic mass is 32.2. The summed E-state index contributed by atoms with van der Waals surface area (Å²) in [4.78, 5) is 14.5. The second-order valence-corrected chi connectivity index (χ2v) is 8.85. The Hall–Kier alpha value is -1.76. The predicted octanol–water partition coefficient (Wildman–Crippen LogP) is 2.44. The van der Waals surface area contributed by atoms with Crippen molar-refractivity contribution in [1.29, 1.82) is 0 Å². The smallest absolute Gasteiger partial charge is 0.317 e. The molecule has 2 unspecified atom stereocenters. The zero-order chi connectivity index (χ0) is 17.9. The molecule has 1 aromatic carbocycles. The van der Waals surface area contributed by atoms with Gasteiger partial charge in [-0.2, -0.15) is 0 Å². The fraction of sp³-hybridized carbons (Fsp3) is 0.611. The molecule has 0 aromatic heterocycles. The molecule has 1 saturated heterocycles. The molecule has 0 radical (unpaired) electrons. The number of urea groups is 1. The molecule has 1 N–H and O–H groups in total. The minimum atomic E-state index is -3.37. The molecule has 0 saturated carbocycles.